The van der Waals surface area contributed by atoms with Crippen molar-refractivity contribution in [1.29, 1.82) is 0 Å². The molecule has 1 aromatic carbocycles. The molecule has 6 heteroatoms. The number of aromatic nitrogens is 4. The summed E-state index contributed by atoms with van der Waals surface area (Å²) in [7, 11) is 0. The minimum absolute atomic E-state index is 0.165. The van der Waals surface area contributed by atoms with Crippen molar-refractivity contribution in [3.05, 3.63) is 65.4 Å². The number of hydrogen-bond acceptors (Lipinski definition) is 5. The Kier molecular flexibility index (Phi) is 3.39. The molecule has 0 fully saturated rings. The van der Waals surface area contributed by atoms with Crippen molar-refractivity contribution in [3.63, 3.8) is 0 Å². The fourth-order valence-corrected chi connectivity index (χ4v) is 4.43. The molecule has 25 heavy (non-hydrogen) atoms. The van der Waals surface area contributed by atoms with Crippen molar-refractivity contribution in [2.45, 2.75) is 25.9 Å². The molecule has 0 bridgehead atoms. The molecule has 1 unspecified atom stereocenters. The number of benzene rings is 1. The van der Waals surface area contributed by atoms with Gasteiger partial charge in [-0.15, -0.1) is 11.3 Å². The molecule has 0 saturated heterocycles. The monoisotopic (exact) mass is 347 g/mol. The Morgan fingerprint density at radius 2 is 2.04 bits per heavy atom. The molecule has 1 aliphatic rings. The smallest absolute Gasteiger partial charge is 0.146 e. The van der Waals surface area contributed by atoms with E-state index in [9.17, 15) is 0 Å². The summed E-state index contributed by atoms with van der Waals surface area (Å²) in [5.74, 6) is 0.871. The van der Waals surface area contributed by atoms with E-state index >= 15 is 0 Å². The van der Waals surface area contributed by atoms with Crippen LogP contribution in [-0.4, -0.2) is 20.2 Å². The van der Waals surface area contributed by atoms with Crippen LogP contribution in [0.1, 0.15) is 28.7 Å². The number of nitrogens with one attached hydrogen (secondary N) is 2. The quantitative estimate of drug-likeness (QED) is 0.579. The van der Waals surface area contributed by atoms with E-state index in [0.717, 1.165) is 40.3 Å². The average Bonchev–Trinajstić information content (AvgIpc) is 3.26. The Hall–Kier alpha value is -2.57. The first kappa shape index (κ1) is 14.7. The van der Waals surface area contributed by atoms with Crippen molar-refractivity contribution in [2.24, 2.45) is 0 Å². The third-order valence-corrected chi connectivity index (χ3v) is 5.87. The van der Waals surface area contributed by atoms with Crippen molar-refractivity contribution < 1.29 is 0 Å². The van der Waals surface area contributed by atoms with Crippen LogP contribution in [-0.2, 0) is 13.0 Å². The highest BCUT2D eigenvalue weighted by Crippen LogP contribution is 2.34. The van der Waals surface area contributed by atoms with Gasteiger partial charge in [-0.25, -0.2) is 9.97 Å². The lowest BCUT2D eigenvalue weighted by Gasteiger charge is -2.24. The minimum atomic E-state index is 0.165. The van der Waals surface area contributed by atoms with Crippen LogP contribution >= 0.6 is 11.3 Å². The van der Waals surface area contributed by atoms with Gasteiger partial charge in [-0.05, 0) is 30.5 Å². The topological polar surface area (TPSA) is 66.5 Å². The Bertz CT molecular complexity index is 1060. The molecular formula is C19H17N5S. The molecular weight excluding hydrogens is 330 g/mol. The predicted molar refractivity (Wildman–Crippen MR) is 99.5 cm³/mol. The van der Waals surface area contributed by atoms with Crippen LogP contribution in [0.3, 0.4) is 0 Å². The first-order valence-electron chi connectivity index (χ1n) is 8.35. The molecule has 5 nitrogen and oxygen atoms in total. The van der Waals surface area contributed by atoms with E-state index in [0.29, 0.717) is 0 Å². The van der Waals surface area contributed by atoms with Crippen LogP contribution in [0, 0.1) is 6.92 Å². The fourth-order valence-electron chi connectivity index (χ4n) is 3.39. The lowest BCUT2D eigenvalue weighted by atomic mass is 9.95. The molecule has 3 aromatic heterocycles. The Balaban J connectivity index is 1.50. The molecule has 0 amide bonds. The number of thiophene rings is 1. The lowest BCUT2D eigenvalue weighted by Crippen LogP contribution is -2.29. The van der Waals surface area contributed by atoms with E-state index in [1.165, 1.54) is 16.0 Å². The number of H-pyrrole nitrogens is 1. The van der Waals surface area contributed by atoms with Gasteiger partial charge in [0.15, 0.2) is 0 Å². The second-order valence-electron chi connectivity index (χ2n) is 6.40. The Morgan fingerprint density at radius 1 is 1.16 bits per heavy atom. The van der Waals surface area contributed by atoms with E-state index in [1.807, 2.05) is 19.3 Å². The van der Waals surface area contributed by atoms with Gasteiger partial charge in [0, 0.05) is 28.9 Å². The molecule has 1 aliphatic heterocycles. The SMILES string of the molecule is Cc1[nH]ncc1-c1cc2nc(C3Cc4ccccc4CN3)ncc2s1. The first-order chi connectivity index (χ1) is 12.3. The molecule has 0 aliphatic carbocycles. The highest BCUT2D eigenvalue weighted by Gasteiger charge is 2.22. The maximum absolute atomic E-state index is 4.84. The summed E-state index contributed by atoms with van der Waals surface area (Å²) < 4.78 is 1.11. The zero-order valence-electron chi connectivity index (χ0n) is 13.8. The van der Waals surface area contributed by atoms with Crippen molar-refractivity contribution in [1.82, 2.24) is 25.5 Å². The maximum Gasteiger partial charge on any atom is 0.146 e. The largest absolute Gasteiger partial charge is 0.303 e. The van der Waals surface area contributed by atoms with Crippen LogP contribution < -0.4 is 5.32 Å². The van der Waals surface area contributed by atoms with E-state index in [4.69, 9.17) is 4.98 Å². The summed E-state index contributed by atoms with van der Waals surface area (Å²) in [5.41, 5.74) is 5.97. The van der Waals surface area contributed by atoms with Crippen LogP contribution in [0.4, 0.5) is 0 Å². The summed E-state index contributed by atoms with van der Waals surface area (Å²) in [5, 5.41) is 10.7. The van der Waals surface area contributed by atoms with Gasteiger partial charge >= 0.3 is 0 Å². The highest BCUT2D eigenvalue weighted by molar-refractivity contribution is 7.22. The standard InChI is InChI=1S/C19H17N5S/c1-11-14(9-22-24-11)17-7-15-18(25-17)10-21-19(23-15)16-6-12-4-2-3-5-13(12)8-20-16/h2-5,7,9-10,16,20H,6,8H2,1H3,(H,22,24). The van der Waals surface area contributed by atoms with Crippen molar-refractivity contribution in [2.75, 3.05) is 0 Å². The van der Waals surface area contributed by atoms with Gasteiger partial charge in [0.2, 0.25) is 0 Å². The predicted octanol–water partition coefficient (Wildman–Crippen LogP) is 3.78. The van der Waals surface area contributed by atoms with E-state index in [-0.39, 0.29) is 6.04 Å². The van der Waals surface area contributed by atoms with Gasteiger partial charge in [0.05, 0.1) is 22.5 Å². The molecule has 0 saturated carbocycles. The zero-order valence-corrected chi connectivity index (χ0v) is 14.6. The zero-order chi connectivity index (χ0) is 16.8. The van der Waals surface area contributed by atoms with Gasteiger partial charge in [0.25, 0.3) is 0 Å². The number of nitrogens with zero attached hydrogens (tertiary/aromatic N) is 3. The average molecular weight is 347 g/mol. The summed E-state index contributed by atoms with van der Waals surface area (Å²) in [4.78, 5) is 10.6. The molecule has 2 N–H and O–H groups in total. The van der Waals surface area contributed by atoms with Gasteiger partial charge in [-0.2, -0.15) is 5.10 Å². The Labute approximate surface area is 149 Å². The van der Waals surface area contributed by atoms with Crippen molar-refractivity contribution >= 4 is 21.6 Å². The second-order valence-corrected chi connectivity index (χ2v) is 7.49. The van der Waals surface area contributed by atoms with Crippen LogP contribution in [0.5, 0.6) is 0 Å². The van der Waals surface area contributed by atoms with Gasteiger partial charge in [0.1, 0.15) is 5.82 Å². The molecule has 0 radical (unpaired) electrons. The summed E-state index contributed by atoms with van der Waals surface area (Å²) in [6.07, 6.45) is 4.75. The summed E-state index contributed by atoms with van der Waals surface area (Å²) in [6, 6.07) is 10.9. The third-order valence-electron chi connectivity index (χ3n) is 4.78. The van der Waals surface area contributed by atoms with E-state index in [1.54, 1.807) is 11.3 Å². The highest BCUT2D eigenvalue weighted by atomic mass is 32.1. The van der Waals surface area contributed by atoms with Crippen LogP contribution in [0.2, 0.25) is 0 Å². The molecule has 124 valence electrons. The first-order valence-corrected chi connectivity index (χ1v) is 9.16. The van der Waals surface area contributed by atoms with Crippen molar-refractivity contribution in [3.8, 4) is 10.4 Å². The second kappa shape index (κ2) is 5.75. The van der Waals surface area contributed by atoms with E-state index < -0.39 is 0 Å². The van der Waals surface area contributed by atoms with Gasteiger partial charge in [-0.1, -0.05) is 24.3 Å². The summed E-state index contributed by atoms with van der Waals surface area (Å²) >= 11 is 1.71. The van der Waals surface area contributed by atoms with Gasteiger partial charge < -0.3 is 5.32 Å². The van der Waals surface area contributed by atoms with Gasteiger partial charge in [-0.3, -0.25) is 5.10 Å². The molecule has 4 aromatic rings. The molecule has 1 atom stereocenters. The fraction of sp³-hybridized carbons (Fsp3) is 0.211. The normalized spacial score (nSPS) is 16.9. The van der Waals surface area contributed by atoms with Crippen LogP contribution in [0.25, 0.3) is 20.7 Å². The van der Waals surface area contributed by atoms with Crippen LogP contribution in [0.15, 0.2) is 42.7 Å². The number of fused-ring (bicyclic) bond motifs is 2. The number of rotatable bonds is 2. The molecule has 0 spiro atoms. The number of aryl methyl sites for hydroxylation is 1. The molecule has 5 rings (SSSR count). The Morgan fingerprint density at radius 3 is 2.88 bits per heavy atom. The lowest BCUT2D eigenvalue weighted by molar-refractivity contribution is 0.478. The summed E-state index contributed by atoms with van der Waals surface area (Å²) in [6.45, 7) is 2.90. The number of hydrogen-bond donors (Lipinski definition) is 2. The third kappa shape index (κ3) is 2.54. The van der Waals surface area contributed by atoms with E-state index in [2.05, 4.69) is 50.8 Å². The molecule has 4 heterocycles. The number of aromatic amines is 1. The maximum atomic E-state index is 4.84. The minimum Gasteiger partial charge on any atom is -0.303 e.